The van der Waals surface area contributed by atoms with Crippen LogP contribution in [0.4, 0.5) is 0 Å². The lowest BCUT2D eigenvalue weighted by Crippen LogP contribution is -2.33. The van der Waals surface area contributed by atoms with Gasteiger partial charge in [0.2, 0.25) is 5.88 Å². The molecule has 0 radical (unpaired) electrons. The summed E-state index contributed by atoms with van der Waals surface area (Å²) in [7, 11) is 0. The van der Waals surface area contributed by atoms with E-state index in [1.165, 1.54) is 0 Å². The molecule has 126 valence electrons. The van der Waals surface area contributed by atoms with Crippen molar-refractivity contribution >= 4 is 10.9 Å². The number of aliphatic hydroxyl groups is 1. The summed E-state index contributed by atoms with van der Waals surface area (Å²) >= 11 is 0. The van der Waals surface area contributed by atoms with Gasteiger partial charge in [-0.15, -0.1) is 0 Å². The molecule has 7 nitrogen and oxygen atoms in total. The lowest BCUT2D eigenvalue weighted by atomic mass is 10.2. The van der Waals surface area contributed by atoms with Gasteiger partial charge in [-0.05, 0) is 18.2 Å². The fourth-order valence-corrected chi connectivity index (χ4v) is 2.24. The number of ether oxygens (including phenoxy) is 2. The van der Waals surface area contributed by atoms with Crippen LogP contribution in [0.5, 0.6) is 11.6 Å². The Hall–Kier alpha value is -2.64. The van der Waals surface area contributed by atoms with E-state index in [2.05, 4.69) is 20.5 Å². The maximum absolute atomic E-state index is 9.99. The Morgan fingerprint density at radius 2 is 2.12 bits per heavy atom. The second-order valence-corrected chi connectivity index (χ2v) is 5.27. The van der Waals surface area contributed by atoms with E-state index < -0.39 is 6.10 Å². The van der Waals surface area contributed by atoms with Crippen molar-refractivity contribution in [2.75, 3.05) is 26.3 Å². The third-order valence-electron chi connectivity index (χ3n) is 3.42. The molecule has 0 aliphatic heterocycles. The minimum atomic E-state index is -0.609. The normalized spacial score (nSPS) is 12.2. The van der Waals surface area contributed by atoms with E-state index in [-0.39, 0.29) is 6.61 Å². The number of aromatic amines is 1. The SMILES string of the molecule is OC(CNCCOc1ccccn1)COc1cccc2[nH]ncc12. The first-order chi connectivity index (χ1) is 11.8. The van der Waals surface area contributed by atoms with Gasteiger partial charge in [0.25, 0.3) is 0 Å². The van der Waals surface area contributed by atoms with Crippen LogP contribution in [0.25, 0.3) is 10.9 Å². The number of nitrogens with one attached hydrogen (secondary N) is 2. The monoisotopic (exact) mass is 328 g/mol. The van der Waals surface area contributed by atoms with Crippen LogP contribution in [0.1, 0.15) is 0 Å². The molecule has 0 bridgehead atoms. The second-order valence-electron chi connectivity index (χ2n) is 5.27. The maximum atomic E-state index is 9.99. The highest BCUT2D eigenvalue weighted by Crippen LogP contribution is 2.23. The first-order valence-corrected chi connectivity index (χ1v) is 7.80. The van der Waals surface area contributed by atoms with Crippen LogP contribution in [0.15, 0.2) is 48.8 Å². The number of H-pyrrole nitrogens is 1. The first-order valence-electron chi connectivity index (χ1n) is 7.80. The molecule has 2 heterocycles. The molecule has 2 aromatic heterocycles. The molecule has 0 fully saturated rings. The third kappa shape index (κ3) is 4.43. The van der Waals surface area contributed by atoms with Crippen LogP contribution in [0, 0.1) is 0 Å². The van der Waals surface area contributed by atoms with Gasteiger partial charge in [0.15, 0.2) is 0 Å². The number of aliphatic hydroxyl groups excluding tert-OH is 1. The van der Waals surface area contributed by atoms with Crippen LogP contribution in [0.2, 0.25) is 0 Å². The Kier molecular flexibility index (Phi) is 5.60. The fraction of sp³-hybridized carbons (Fsp3) is 0.294. The van der Waals surface area contributed by atoms with Crippen molar-refractivity contribution in [3.63, 3.8) is 0 Å². The molecule has 24 heavy (non-hydrogen) atoms. The number of pyridine rings is 1. The molecular weight excluding hydrogens is 308 g/mol. The molecule has 7 heteroatoms. The molecule has 3 N–H and O–H groups in total. The van der Waals surface area contributed by atoms with E-state index >= 15 is 0 Å². The molecule has 3 rings (SSSR count). The van der Waals surface area contributed by atoms with Gasteiger partial charge in [-0.2, -0.15) is 5.10 Å². The summed E-state index contributed by atoms with van der Waals surface area (Å²) in [6, 6.07) is 11.2. The van der Waals surface area contributed by atoms with Crippen molar-refractivity contribution in [1.82, 2.24) is 20.5 Å². The predicted molar refractivity (Wildman–Crippen MR) is 90.2 cm³/mol. The van der Waals surface area contributed by atoms with Crippen LogP contribution in [-0.4, -0.2) is 52.7 Å². The van der Waals surface area contributed by atoms with Crippen molar-refractivity contribution < 1.29 is 14.6 Å². The summed E-state index contributed by atoms with van der Waals surface area (Å²) in [5.74, 6) is 1.30. The standard InChI is InChI=1S/C17H20N4O3/c22-13(10-18-8-9-23-17-6-1-2-7-19-17)12-24-16-5-3-4-15-14(16)11-20-21-15/h1-7,11,13,18,22H,8-10,12H2,(H,20,21). The van der Waals surface area contributed by atoms with Crippen molar-refractivity contribution in [3.05, 3.63) is 48.8 Å². The summed E-state index contributed by atoms with van der Waals surface area (Å²) in [6.07, 6.45) is 2.79. The molecule has 0 saturated carbocycles. The van der Waals surface area contributed by atoms with E-state index in [1.807, 2.05) is 30.3 Å². The van der Waals surface area contributed by atoms with E-state index in [0.717, 1.165) is 10.9 Å². The minimum Gasteiger partial charge on any atom is -0.490 e. The van der Waals surface area contributed by atoms with Crippen molar-refractivity contribution in [2.45, 2.75) is 6.10 Å². The summed E-state index contributed by atoms with van der Waals surface area (Å²) < 4.78 is 11.1. The Bertz CT molecular complexity index is 748. The molecule has 3 aromatic rings. The van der Waals surface area contributed by atoms with Crippen molar-refractivity contribution in [2.24, 2.45) is 0 Å². The molecule has 0 aliphatic carbocycles. The number of fused-ring (bicyclic) bond motifs is 1. The molecule has 0 amide bonds. The Morgan fingerprint density at radius 1 is 1.17 bits per heavy atom. The Labute approximate surface area is 139 Å². The van der Waals surface area contributed by atoms with Gasteiger partial charge in [-0.3, -0.25) is 5.10 Å². The van der Waals surface area contributed by atoms with Gasteiger partial charge < -0.3 is 19.9 Å². The second kappa shape index (κ2) is 8.28. The number of rotatable bonds is 9. The fourth-order valence-electron chi connectivity index (χ4n) is 2.24. The van der Waals surface area contributed by atoms with Crippen molar-refractivity contribution in [3.8, 4) is 11.6 Å². The van der Waals surface area contributed by atoms with Gasteiger partial charge in [-0.25, -0.2) is 4.98 Å². The molecule has 1 unspecified atom stereocenters. The molecule has 1 aromatic carbocycles. The van der Waals surface area contributed by atoms with Gasteiger partial charge in [-0.1, -0.05) is 12.1 Å². The minimum absolute atomic E-state index is 0.207. The van der Waals surface area contributed by atoms with Gasteiger partial charge in [0.1, 0.15) is 25.1 Å². The van der Waals surface area contributed by atoms with Gasteiger partial charge in [0.05, 0.1) is 17.1 Å². The van der Waals surface area contributed by atoms with Crippen LogP contribution < -0.4 is 14.8 Å². The summed E-state index contributed by atoms with van der Waals surface area (Å²) in [5.41, 5.74) is 0.909. The van der Waals surface area contributed by atoms with E-state index in [9.17, 15) is 5.11 Å². The first kappa shape index (κ1) is 16.2. The summed E-state index contributed by atoms with van der Waals surface area (Å²) in [6.45, 7) is 1.73. The average molecular weight is 328 g/mol. The lowest BCUT2D eigenvalue weighted by molar-refractivity contribution is 0.106. The number of hydrogen-bond donors (Lipinski definition) is 3. The van der Waals surface area contributed by atoms with Crippen LogP contribution in [-0.2, 0) is 0 Å². The zero-order valence-corrected chi connectivity index (χ0v) is 13.2. The predicted octanol–water partition coefficient (Wildman–Crippen LogP) is 1.37. The average Bonchev–Trinajstić information content (AvgIpc) is 3.10. The Morgan fingerprint density at radius 3 is 3.00 bits per heavy atom. The smallest absolute Gasteiger partial charge is 0.213 e. The van der Waals surface area contributed by atoms with Crippen LogP contribution in [0.3, 0.4) is 0 Å². The Balaban J connectivity index is 1.34. The van der Waals surface area contributed by atoms with Crippen LogP contribution >= 0.6 is 0 Å². The third-order valence-corrected chi connectivity index (χ3v) is 3.42. The molecule has 0 saturated heterocycles. The topological polar surface area (TPSA) is 92.3 Å². The molecule has 1 atom stereocenters. The number of hydrogen-bond acceptors (Lipinski definition) is 6. The van der Waals surface area contributed by atoms with Crippen molar-refractivity contribution in [1.29, 1.82) is 0 Å². The summed E-state index contributed by atoms with van der Waals surface area (Å²) in [4.78, 5) is 4.07. The summed E-state index contributed by atoms with van der Waals surface area (Å²) in [5, 5.41) is 20.9. The van der Waals surface area contributed by atoms with Gasteiger partial charge >= 0.3 is 0 Å². The highest BCUT2D eigenvalue weighted by Gasteiger charge is 2.08. The molecule has 0 aliphatic rings. The highest BCUT2D eigenvalue weighted by atomic mass is 16.5. The number of nitrogens with zero attached hydrogens (tertiary/aromatic N) is 2. The maximum Gasteiger partial charge on any atom is 0.213 e. The quantitative estimate of drug-likeness (QED) is 0.514. The van der Waals surface area contributed by atoms with Gasteiger partial charge in [0, 0.05) is 25.4 Å². The number of aromatic nitrogens is 3. The lowest BCUT2D eigenvalue weighted by Gasteiger charge is -2.14. The number of benzene rings is 1. The highest BCUT2D eigenvalue weighted by molar-refractivity contribution is 5.84. The van der Waals surface area contributed by atoms with E-state index in [1.54, 1.807) is 18.5 Å². The zero-order chi connectivity index (χ0) is 16.6. The molecular formula is C17H20N4O3. The largest absolute Gasteiger partial charge is 0.490 e. The van der Waals surface area contributed by atoms with E-state index in [0.29, 0.717) is 31.3 Å². The van der Waals surface area contributed by atoms with E-state index in [4.69, 9.17) is 9.47 Å². The molecule has 0 spiro atoms. The zero-order valence-electron chi connectivity index (χ0n) is 13.2.